The van der Waals surface area contributed by atoms with Gasteiger partial charge in [0.05, 0.1) is 23.5 Å². The van der Waals surface area contributed by atoms with Gasteiger partial charge in [-0.15, -0.1) is 0 Å². The molecule has 2 rings (SSSR count). The largest absolute Gasteiger partial charge is 0.490 e. The molecule has 0 spiro atoms. The van der Waals surface area contributed by atoms with Crippen LogP contribution in [0, 0.1) is 0 Å². The molecular weight excluding hydrogens is 411 g/mol. The highest BCUT2D eigenvalue weighted by Gasteiger charge is 2.29. The van der Waals surface area contributed by atoms with Crippen LogP contribution in [0.3, 0.4) is 0 Å². The number of amides is 1. The molecule has 27 heavy (non-hydrogen) atoms. The third-order valence-corrected chi connectivity index (χ3v) is 5.44. The van der Waals surface area contributed by atoms with Gasteiger partial charge < -0.3 is 10.1 Å². The summed E-state index contributed by atoms with van der Waals surface area (Å²) < 4.78 is 30.9. The van der Waals surface area contributed by atoms with E-state index in [1.54, 1.807) is 42.5 Å². The van der Waals surface area contributed by atoms with Crippen LogP contribution >= 0.6 is 23.2 Å². The first kappa shape index (κ1) is 21.3. The molecule has 6 nitrogen and oxygen atoms in total. The van der Waals surface area contributed by atoms with Gasteiger partial charge in [0.1, 0.15) is 18.4 Å². The second-order valence-corrected chi connectivity index (χ2v) is 8.49. The van der Waals surface area contributed by atoms with E-state index in [0.29, 0.717) is 21.5 Å². The van der Waals surface area contributed by atoms with Crippen molar-refractivity contribution in [1.82, 2.24) is 5.32 Å². The molecule has 2 aromatic carbocycles. The SMILES string of the molecule is C[C@H](C(=O)NCCOc1ccccc1Cl)N(c1cccc(Cl)c1)S(C)(=O)=O. The van der Waals surface area contributed by atoms with Gasteiger partial charge in [-0.25, -0.2) is 8.42 Å². The Morgan fingerprint density at radius 2 is 1.89 bits per heavy atom. The Labute approximate surface area is 169 Å². The monoisotopic (exact) mass is 430 g/mol. The van der Waals surface area contributed by atoms with Crippen LogP contribution in [-0.2, 0) is 14.8 Å². The van der Waals surface area contributed by atoms with Crippen LogP contribution in [0.5, 0.6) is 5.75 Å². The Hall–Kier alpha value is -1.96. The summed E-state index contributed by atoms with van der Waals surface area (Å²) in [5.41, 5.74) is 0.319. The second-order valence-electron chi connectivity index (χ2n) is 5.78. The minimum Gasteiger partial charge on any atom is -0.490 e. The number of hydrogen-bond donors (Lipinski definition) is 1. The van der Waals surface area contributed by atoms with Gasteiger partial charge in [-0.05, 0) is 37.3 Å². The van der Waals surface area contributed by atoms with Crippen LogP contribution in [0.2, 0.25) is 10.0 Å². The number of ether oxygens (including phenoxy) is 1. The molecule has 0 aliphatic rings. The zero-order chi connectivity index (χ0) is 20.0. The van der Waals surface area contributed by atoms with E-state index in [1.165, 1.54) is 13.0 Å². The minimum atomic E-state index is -3.69. The second kappa shape index (κ2) is 9.30. The smallest absolute Gasteiger partial charge is 0.243 e. The number of halogens is 2. The lowest BCUT2D eigenvalue weighted by Gasteiger charge is -2.28. The predicted molar refractivity (Wildman–Crippen MR) is 108 cm³/mol. The van der Waals surface area contributed by atoms with Crippen LogP contribution in [0.1, 0.15) is 6.92 Å². The van der Waals surface area contributed by atoms with Crippen molar-refractivity contribution in [2.75, 3.05) is 23.7 Å². The van der Waals surface area contributed by atoms with Crippen molar-refractivity contribution in [3.8, 4) is 5.75 Å². The topological polar surface area (TPSA) is 75.7 Å². The number of nitrogens with one attached hydrogen (secondary N) is 1. The molecule has 0 unspecified atom stereocenters. The van der Waals surface area contributed by atoms with Gasteiger partial charge in [0.25, 0.3) is 0 Å². The highest BCUT2D eigenvalue weighted by molar-refractivity contribution is 7.92. The number of benzene rings is 2. The number of nitrogens with zero attached hydrogens (tertiary/aromatic N) is 1. The average molecular weight is 431 g/mol. The highest BCUT2D eigenvalue weighted by Crippen LogP contribution is 2.24. The van der Waals surface area contributed by atoms with E-state index >= 15 is 0 Å². The van der Waals surface area contributed by atoms with Crippen LogP contribution < -0.4 is 14.4 Å². The molecule has 0 heterocycles. The number of carbonyl (C=O) groups is 1. The molecule has 0 bridgehead atoms. The molecule has 2 aromatic rings. The van der Waals surface area contributed by atoms with E-state index < -0.39 is 22.0 Å². The molecule has 146 valence electrons. The molecule has 0 radical (unpaired) electrons. The first-order chi connectivity index (χ1) is 12.7. The lowest BCUT2D eigenvalue weighted by molar-refractivity contribution is -0.121. The fraction of sp³-hybridized carbons (Fsp3) is 0.278. The summed E-state index contributed by atoms with van der Waals surface area (Å²) >= 11 is 11.9. The Kier molecular flexibility index (Phi) is 7.35. The van der Waals surface area contributed by atoms with Crippen LogP contribution in [0.4, 0.5) is 5.69 Å². The normalized spacial score (nSPS) is 12.3. The highest BCUT2D eigenvalue weighted by atomic mass is 35.5. The molecule has 0 aliphatic carbocycles. The van der Waals surface area contributed by atoms with E-state index in [1.807, 2.05) is 0 Å². The van der Waals surface area contributed by atoms with Crippen molar-refractivity contribution in [2.24, 2.45) is 0 Å². The molecule has 1 atom stereocenters. The molecule has 9 heteroatoms. The summed E-state index contributed by atoms with van der Waals surface area (Å²) in [5, 5.41) is 3.51. The zero-order valence-electron chi connectivity index (χ0n) is 14.9. The molecule has 0 aliphatic heterocycles. The van der Waals surface area contributed by atoms with Gasteiger partial charge in [0, 0.05) is 5.02 Å². The lowest BCUT2D eigenvalue weighted by Crippen LogP contribution is -2.48. The molecule has 1 N–H and O–H groups in total. The van der Waals surface area contributed by atoms with E-state index in [4.69, 9.17) is 27.9 Å². The zero-order valence-corrected chi connectivity index (χ0v) is 17.2. The molecule has 0 fully saturated rings. The van der Waals surface area contributed by atoms with Crippen molar-refractivity contribution >= 4 is 44.8 Å². The van der Waals surface area contributed by atoms with Crippen molar-refractivity contribution in [3.05, 3.63) is 58.6 Å². The Morgan fingerprint density at radius 3 is 2.52 bits per heavy atom. The van der Waals surface area contributed by atoms with Crippen molar-refractivity contribution in [3.63, 3.8) is 0 Å². The third kappa shape index (κ3) is 6.02. The van der Waals surface area contributed by atoms with E-state index in [0.717, 1.165) is 10.6 Å². The van der Waals surface area contributed by atoms with Crippen molar-refractivity contribution in [1.29, 1.82) is 0 Å². The van der Waals surface area contributed by atoms with E-state index in [-0.39, 0.29) is 13.2 Å². The fourth-order valence-corrected chi connectivity index (χ4v) is 4.01. The van der Waals surface area contributed by atoms with Crippen LogP contribution in [0.15, 0.2) is 48.5 Å². The minimum absolute atomic E-state index is 0.193. The molecule has 0 saturated carbocycles. The van der Waals surface area contributed by atoms with Gasteiger partial charge in [0.2, 0.25) is 15.9 Å². The van der Waals surface area contributed by atoms with Crippen molar-refractivity contribution in [2.45, 2.75) is 13.0 Å². The lowest BCUT2D eigenvalue weighted by atomic mass is 10.2. The van der Waals surface area contributed by atoms with Crippen LogP contribution in [0.25, 0.3) is 0 Å². The van der Waals surface area contributed by atoms with Gasteiger partial charge in [-0.3, -0.25) is 9.10 Å². The van der Waals surface area contributed by atoms with Gasteiger partial charge in [0.15, 0.2) is 0 Å². The van der Waals surface area contributed by atoms with Crippen LogP contribution in [-0.4, -0.2) is 39.8 Å². The quantitative estimate of drug-likeness (QED) is 0.651. The van der Waals surface area contributed by atoms with Gasteiger partial charge >= 0.3 is 0 Å². The first-order valence-corrected chi connectivity index (χ1v) is 10.7. The van der Waals surface area contributed by atoms with Crippen molar-refractivity contribution < 1.29 is 17.9 Å². The van der Waals surface area contributed by atoms with E-state index in [9.17, 15) is 13.2 Å². The summed E-state index contributed by atoms with van der Waals surface area (Å²) in [7, 11) is -3.69. The number of para-hydroxylation sites is 1. The Balaban J connectivity index is 2.00. The average Bonchev–Trinajstić information content (AvgIpc) is 2.59. The van der Waals surface area contributed by atoms with Gasteiger partial charge in [-0.1, -0.05) is 41.4 Å². The summed E-state index contributed by atoms with van der Waals surface area (Å²) in [6, 6.07) is 12.4. The number of carbonyl (C=O) groups excluding carboxylic acids is 1. The number of sulfonamides is 1. The molecular formula is C18H20Cl2N2O4S. The third-order valence-electron chi connectivity index (χ3n) is 3.65. The maximum atomic E-state index is 12.4. The predicted octanol–water partition coefficient (Wildman–Crippen LogP) is 3.34. The van der Waals surface area contributed by atoms with Gasteiger partial charge in [-0.2, -0.15) is 0 Å². The number of hydrogen-bond acceptors (Lipinski definition) is 4. The molecule has 0 aromatic heterocycles. The fourth-order valence-electron chi connectivity index (χ4n) is 2.47. The summed E-state index contributed by atoms with van der Waals surface area (Å²) in [4.78, 5) is 12.4. The Bertz CT molecular complexity index is 906. The maximum absolute atomic E-state index is 12.4. The number of anilines is 1. The summed E-state index contributed by atoms with van der Waals surface area (Å²) in [6.07, 6.45) is 1.04. The maximum Gasteiger partial charge on any atom is 0.243 e. The Morgan fingerprint density at radius 1 is 1.19 bits per heavy atom. The summed E-state index contributed by atoms with van der Waals surface area (Å²) in [6.45, 7) is 1.89. The standard InChI is InChI=1S/C18H20Cl2N2O4S/c1-13(22(27(2,24)25)15-7-5-6-14(19)12-15)18(23)21-10-11-26-17-9-4-3-8-16(17)20/h3-9,12-13H,10-11H2,1-2H3,(H,21,23)/t13-/m1/s1. The summed E-state index contributed by atoms with van der Waals surface area (Å²) in [5.74, 6) is 0.0568. The van der Waals surface area contributed by atoms with E-state index in [2.05, 4.69) is 5.32 Å². The number of rotatable bonds is 8. The molecule has 0 saturated heterocycles. The first-order valence-electron chi connectivity index (χ1n) is 8.10. The molecule has 1 amide bonds.